The number of carbonyl (C=O) groups excluding carboxylic acids is 2. The van der Waals surface area contributed by atoms with E-state index in [9.17, 15) is 18.4 Å². The van der Waals surface area contributed by atoms with E-state index in [1.54, 1.807) is 0 Å². The molecule has 6 nitrogen and oxygen atoms in total. The van der Waals surface area contributed by atoms with Crippen molar-refractivity contribution in [3.63, 3.8) is 0 Å². The lowest BCUT2D eigenvalue weighted by atomic mass is 10.1. The zero-order valence-corrected chi connectivity index (χ0v) is 10.5. The van der Waals surface area contributed by atoms with Gasteiger partial charge in [0.1, 0.15) is 11.7 Å². The van der Waals surface area contributed by atoms with Gasteiger partial charge in [0.2, 0.25) is 5.91 Å². The highest BCUT2D eigenvalue weighted by atomic mass is 19.1. The molecule has 1 aliphatic rings. The molecule has 1 atom stereocenters. The van der Waals surface area contributed by atoms with E-state index in [-0.39, 0.29) is 11.5 Å². The number of halogens is 2. The molecule has 0 aliphatic carbocycles. The van der Waals surface area contributed by atoms with Crippen molar-refractivity contribution in [3.05, 3.63) is 29.3 Å². The van der Waals surface area contributed by atoms with Crippen LogP contribution in [-0.4, -0.2) is 24.4 Å². The summed E-state index contributed by atoms with van der Waals surface area (Å²) in [6.07, 6.45) is 1.22. The Morgan fingerprint density at radius 3 is 2.55 bits per heavy atom. The van der Waals surface area contributed by atoms with Gasteiger partial charge in [-0.15, -0.1) is 0 Å². The van der Waals surface area contributed by atoms with E-state index < -0.39 is 29.3 Å². The van der Waals surface area contributed by atoms with Crippen LogP contribution >= 0.6 is 0 Å². The number of piperidine rings is 1. The van der Waals surface area contributed by atoms with Crippen LogP contribution in [0.3, 0.4) is 0 Å². The minimum absolute atomic E-state index is 0.211. The van der Waals surface area contributed by atoms with Gasteiger partial charge >= 0.3 is 0 Å². The van der Waals surface area contributed by atoms with Gasteiger partial charge in [0.05, 0.1) is 0 Å². The van der Waals surface area contributed by atoms with E-state index in [2.05, 4.69) is 10.6 Å². The van der Waals surface area contributed by atoms with E-state index in [0.717, 1.165) is 18.6 Å². The third-order valence-electron chi connectivity index (χ3n) is 3.04. The first-order valence-electron chi connectivity index (χ1n) is 6.07. The summed E-state index contributed by atoms with van der Waals surface area (Å²) in [5.74, 6) is 1.99. The van der Waals surface area contributed by atoms with Gasteiger partial charge < -0.3 is 16.1 Å². The van der Waals surface area contributed by atoms with Crippen molar-refractivity contribution in [1.82, 2.24) is 10.6 Å². The molecule has 0 bridgehead atoms. The Kier molecular flexibility index (Phi) is 4.14. The van der Waals surface area contributed by atoms with Gasteiger partial charge in [-0.2, -0.15) is 0 Å². The molecule has 108 valence electrons. The fourth-order valence-corrected chi connectivity index (χ4v) is 1.99. The van der Waals surface area contributed by atoms with Crippen LogP contribution in [0.5, 0.6) is 0 Å². The van der Waals surface area contributed by atoms with E-state index in [0.29, 0.717) is 13.0 Å². The number of anilines is 1. The van der Waals surface area contributed by atoms with Gasteiger partial charge in [0, 0.05) is 12.1 Å². The standard InChI is InChI=1S/C12H14F2N4O2/c13-7-4-6(5-8(14)10(7)18-15)11(19)17-9-2-1-3-16-12(9)20/h4-5,9,18H,1-3,15H2,(H,16,20)(H,17,19). The molecule has 8 heteroatoms. The largest absolute Gasteiger partial charge is 0.354 e. The minimum Gasteiger partial charge on any atom is -0.354 e. The molecule has 1 aliphatic heterocycles. The van der Waals surface area contributed by atoms with Crippen LogP contribution < -0.4 is 21.9 Å². The molecule has 1 saturated heterocycles. The van der Waals surface area contributed by atoms with E-state index in [1.807, 2.05) is 5.43 Å². The van der Waals surface area contributed by atoms with Crippen LogP contribution in [0, 0.1) is 11.6 Å². The van der Waals surface area contributed by atoms with E-state index in [1.165, 1.54) is 0 Å². The Morgan fingerprint density at radius 2 is 2.00 bits per heavy atom. The number of benzene rings is 1. The summed E-state index contributed by atoms with van der Waals surface area (Å²) in [7, 11) is 0. The minimum atomic E-state index is -0.981. The molecule has 20 heavy (non-hydrogen) atoms. The Balaban J connectivity index is 2.15. The molecule has 5 N–H and O–H groups in total. The van der Waals surface area contributed by atoms with Crippen LogP contribution in [0.1, 0.15) is 23.2 Å². The van der Waals surface area contributed by atoms with Crippen molar-refractivity contribution in [2.45, 2.75) is 18.9 Å². The SMILES string of the molecule is NNc1c(F)cc(C(=O)NC2CCCNC2=O)cc1F. The first-order chi connectivity index (χ1) is 9.52. The molecule has 0 aromatic heterocycles. The number of amides is 2. The van der Waals surface area contributed by atoms with Crippen molar-refractivity contribution >= 4 is 17.5 Å². The van der Waals surface area contributed by atoms with Crippen molar-refractivity contribution in [1.29, 1.82) is 0 Å². The number of carbonyl (C=O) groups is 2. The summed E-state index contributed by atoms with van der Waals surface area (Å²) in [6, 6.07) is 1.03. The van der Waals surface area contributed by atoms with Gasteiger partial charge in [-0.1, -0.05) is 0 Å². The van der Waals surface area contributed by atoms with Gasteiger partial charge in [-0.05, 0) is 25.0 Å². The molecule has 0 saturated carbocycles. The summed E-state index contributed by atoms with van der Waals surface area (Å²) in [4.78, 5) is 23.4. The molecule has 2 amide bonds. The smallest absolute Gasteiger partial charge is 0.252 e. The summed E-state index contributed by atoms with van der Waals surface area (Å²) in [5, 5.41) is 5.04. The summed E-state index contributed by atoms with van der Waals surface area (Å²) < 4.78 is 27.0. The first kappa shape index (κ1) is 14.2. The second-order valence-electron chi connectivity index (χ2n) is 4.42. The highest BCUT2D eigenvalue weighted by molar-refractivity contribution is 5.98. The van der Waals surface area contributed by atoms with Gasteiger partial charge in [-0.3, -0.25) is 15.4 Å². The summed E-state index contributed by atoms with van der Waals surface area (Å²) in [5.41, 5.74) is 1.14. The Bertz CT molecular complexity index is 527. The Hall–Kier alpha value is -2.22. The molecule has 1 fully saturated rings. The topological polar surface area (TPSA) is 96.2 Å². The quantitative estimate of drug-likeness (QED) is 0.473. The normalized spacial score (nSPS) is 18.4. The highest BCUT2D eigenvalue weighted by Crippen LogP contribution is 2.19. The predicted molar refractivity (Wildman–Crippen MR) is 67.7 cm³/mol. The maximum absolute atomic E-state index is 13.5. The maximum Gasteiger partial charge on any atom is 0.252 e. The molecule has 1 heterocycles. The third kappa shape index (κ3) is 2.85. The molecule has 1 unspecified atom stereocenters. The lowest BCUT2D eigenvalue weighted by Crippen LogP contribution is -2.50. The Labute approximate surface area is 113 Å². The van der Waals surface area contributed by atoms with E-state index in [4.69, 9.17) is 5.84 Å². The second-order valence-corrected chi connectivity index (χ2v) is 4.42. The monoisotopic (exact) mass is 284 g/mol. The van der Waals surface area contributed by atoms with Crippen molar-refractivity contribution in [2.75, 3.05) is 12.0 Å². The van der Waals surface area contributed by atoms with Crippen LogP contribution in [0.4, 0.5) is 14.5 Å². The van der Waals surface area contributed by atoms with Crippen LogP contribution in [0.2, 0.25) is 0 Å². The van der Waals surface area contributed by atoms with E-state index >= 15 is 0 Å². The highest BCUT2D eigenvalue weighted by Gasteiger charge is 2.24. The maximum atomic E-state index is 13.5. The fourth-order valence-electron chi connectivity index (χ4n) is 1.99. The number of nitrogen functional groups attached to an aromatic ring is 1. The van der Waals surface area contributed by atoms with Gasteiger partial charge in [0.25, 0.3) is 5.91 Å². The van der Waals surface area contributed by atoms with Gasteiger partial charge in [-0.25, -0.2) is 8.78 Å². The van der Waals surface area contributed by atoms with Crippen molar-refractivity contribution in [2.24, 2.45) is 5.84 Å². The van der Waals surface area contributed by atoms with Gasteiger partial charge in [0.15, 0.2) is 11.6 Å². The second kappa shape index (κ2) is 5.83. The van der Waals surface area contributed by atoms with Crippen LogP contribution in [-0.2, 0) is 4.79 Å². The zero-order chi connectivity index (χ0) is 14.7. The van der Waals surface area contributed by atoms with Crippen LogP contribution in [0.25, 0.3) is 0 Å². The molecule has 1 aromatic rings. The molecular weight excluding hydrogens is 270 g/mol. The number of hydrogen-bond donors (Lipinski definition) is 4. The average Bonchev–Trinajstić information content (AvgIpc) is 2.41. The molecule has 1 aromatic carbocycles. The lowest BCUT2D eigenvalue weighted by Gasteiger charge is -2.22. The number of nitrogens with one attached hydrogen (secondary N) is 3. The lowest BCUT2D eigenvalue weighted by molar-refractivity contribution is -0.124. The number of hydrogen-bond acceptors (Lipinski definition) is 4. The average molecular weight is 284 g/mol. The molecular formula is C12H14F2N4O2. The molecule has 2 rings (SSSR count). The third-order valence-corrected chi connectivity index (χ3v) is 3.04. The Morgan fingerprint density at radius 1 is 1.35 bits per heavy atom. The summed E-state index contributed by atoms with van der Waals surface area (Å²) >= 11 is 0. The van der Waals surface area contributed by atoms with Crippen molar-refractivity contribution in [3.8, 4) is 0 Å². The first-order valence-corrected chi connectivity index (χ1v) is 6.07. The number of nitrogens with two attached hydrogens (primary N) is 1. The summed E-state index contributed by atoms with van der Waals surface area (Å²) in [6.45, 7) is 0.561. The van der Waals surface area contributed by atoms with Crippen molar-refractivity contribution < 1.29 is 18.4 Å². The number of hydrazine groups is 1. The zero-order valence-electron chi connectivity index (χ0n) is 10.5. The fraction of sp³-hybridized carbons (Fsp3) is 0.333. The number of rotatable bonds is 3. The molecule has 0 spiro atoms. The molecule has 0 radical (unpaired) electrons. The van der Waals surface area contributed by atoms with Crippen LogP contribution in [0.15, 0.2) is 12.1 Å². The predicted octanol–water partition coefficient (Wildman–Crippen LogP) is 0.259.